The van der Waals surface area contributed by atoms with Crippen molar-refractivity contribution in [3.05, 3.63) is 24.0 Å². The van der Waals surface area contributed by atoms with Crippen LogP contribution in [-0.2, 0) is 11.3 Å². The molecule has 0 aliphatic carbocycles. The van der Waals surface area contributed by atoms with E-state index in [0.29, 0.717) is 19.7 Å². The fraction of sp³-hybridized carbons (Fsp3) is 0.545. The van der Waals surface area contributed by atoms with Crippen molar-refractivity contribution in [3.63, 3.8) is 0 Å². The van der Waals surface area contributed by atoms with Gasteiger partial charge in [-0.1, -0.05) is 0 Å². The molecule has 0 radical (unpaired) electrons. The van der Waals surface area contributed by atoms with Crippen molar-refractivity contribution >= 4 is 5.69 Å². The van der Waals surface area contributed by atoms with Gasteiger partial charge in [0, 0.05) is 19.6 Å². The molecule has 2 heterocycles. The summed E-state index contributed by atoms with van der Waals surface area (Å²) in [5.41, 5.74) is 7.43. The summed E-state index contributed by atoms with van der Waals surface area (Å²) in [6.07, 6.45) is 1.73. The van der Waals surface area contributed by atoms with Crippen molar-refractivity contribution in [2.45, 2.75) is 12.6 Å². The molecule has 5 nitrogen and oxygen atoms in total. The van der Waals surface area contributed by atoms with Gasteiger partial charge in [0.05, 0.1) is 36.9 Å². The normalized spacial score (nSPS) is 21.1. The fourth-order valence-corrected chi connectivity index (χ4v) is 1.79. The number of nitrogens with zero attached hydrogens (tertiary/aromatic N) is 2. The second-order valence-corrected chi connectivity index (χ2v) is 3.83. The van der Waals surface area contributed by atoms with Gasteiger partial charge in [-0.15, -0.1) is 0 Å². The van der Waals surface area contributed by atoms with Crippen molar-refractivity contribution in [1.82, 2.24) is 4.98 Å². The Balaban J connectivity index is 2.05. The first kappa shape index (κ1) is 11.3. The molecule has 0 bridgehead atoms. The van der Waals surface area contributed by atoms with Crippen molar-refractivity contribution in [1.29, 1.82) is 0 Å². The molecule has 0 spiro atoms. The maximum atomic E-state index is 9.05. The van der Waals surface area contributed by atoms with Crippen LogP contribution in [0.2, 0.25) is 0 Å². The van der Waals surface area contributed by atoms with E-state index in [0.717, 1.165) is 17.9 Å². The predicted molar refractivity (Wildman–Crippen MR) is 61.2 cm³/mol. The van der Waals surface area contributed by atoms with E-state index in [9.17, 15) is 0 Å². The van der Waals surface area contributed by atoms with Crippen LogP contribution in [0.1, 0.15) is 5.69 Å². The first-order chi connectivity index (χ1) is 7.83. The lowest BCUT2D eigenvalue weighted by Crippen LogP contribution is -2.44. The number of aliphatic hydroxyl groups is 1. The average Bonchev–Trinajstić information content (AvgIpc) is 2.39. The van der Waals surface area contributed by atoms with Crippen molar-refractivity contribution in [2.75, 3.05) is 31.2 Å². The molecule has 2 rings (SSSR count). The number of aliphatic hydroxyl groups excluding tert-OH is 1. The minimum atomic E-state index is -0.0945. The van der Waals surface area contributed by atoms with Crippen LogP contribution in [0.25, 0.3) is 0 Å². The Bertz CT molecular complexity index is 329. The van der Waals surface area contributed by atoms with Gasteiger partial charge in [0.2, 0.25) is 0 Å². The highest BCUT2D eigenvalue weighted by molar-refractivity contribution is 5.45. The standard InChI is InChI=1S/C11H17N3O2/c12-5-9-1-2-10(6-13-9)14-3-4-16-11(7-14)8-15/h1-2,6,11,15H,3-5,7-8,12H2. The third kappa shape index (κ3) is 2.49. The molecule has 1 atom stereocenters. The molecule has 3 N–H and O–H groups in total. The van der Waals surface area contributed by atoms with Gasteiger partial charge in [-0.25, -0.2) is 0 Å². The summed E-state index contributed by atoms with van der Waals surface area (Å²) in [6.45, 7) is 2.71. The number of hydrogen-bond donors (Lipinski definition) is 2. The molecule has 1 aromatic heterocycles. The number of pyridine rings is 1. The topological polar surface area (TPSA) is 71.6 Å². The lowest BCUT2D eigenvalue weighted by Gasteiger charge is -2.33. The highest BCUT2D eigenvalue weighted by atomic mass is 16.5. The monoisotopic (exact) mass is 223 g/mol. The highest BCUT2D eigenvalue weighted by Crippen LogP contribution is 2.16. The zero-order valence-electron chi connectivity index (χ0n) is 9.17. The number of anilines is 1. The average molecular weight is 223 g/mol. The number of morpholine rings is 1. The molecule has 0 saturated carbocycles. The van der Waals surface area contributed by atoms with Crippen LogP contribution in [0, 0.1) is 0 Å². The van der Waals surface area contributed by atoms with Crippen LogP contribution in [-0.4, -0.2) is 42.5 Å². The van der Waals surface area contributed by atoms with E-state index in [1.165, 1.54) is 0 Å². The number of ether oxygens (including phenoxy) is 1. The summed E-state index contributed by atoms with van der Waals surface area (Å²) in [5.74, 6) is 0. The van der Waals surface area contributed by atoms with Gasteiger partial charge in [0.15, 0.2) is 0 Å². The molecule has 0 aromatic carbocycles. The summed E-state index contributed by atoms with van der Waals surface area (Å²) in [7, 11) is 0. The molecule has 1 aromatic rings. The van der Waals surface area contributed by atoms with Gasteiger partial charge < -0.3 is 20.5 Å². The van der Waals surface area contributed by atoms with E-state index in [1.807, 2.05) is 18.3 Å². The lowest BCUT2D eigenvalue weighted by molar-refractivity contribution is 0.00355. The van der Waals surface area contributed by atoms with E-state index >= 15 is 0 Å². The second-order valence-electron chi connectivity index (χ2n) is 3.83. The van der Waals surface area contributed by atoms with Crippen LogP contribution >= 0.6 is 0 Å². The maximum Gasteiger partial charge on any atom is 0.0980 e. The first-order valence-corrected chi connectivity index (χ1v) is 5.46. The summed E-state index contributed by atoms with van der Waals surface area (Å²) < 4.78 is 5.39. The van der Waals surface area contributed by atoms with Crippen LogP contribution in [0.5, 0.6) is 0 Å². The van der Waals surface area contributed by atoms with Gasteiger partial charge in [0.1, 0.15) is 0 Å². The van der Waals surface area contributed by atoms with Crippen molar-refractivity contribution in [2.24, 2.45) is 5.73 Å². The maximum absolute atomic E-state index is 9.05. The molecule has 1 unspecified atom stereocenters. The summed E-state index contributed by atoms with van der Waals surface area (Å²) in [5, 5.41) is 9.05. The molecule has 1 fully saturated rings. The quantitative estimate of drug-likeness (QED) is 0.738. The Labute approximate surface area is 94.8 Å². The predicted octanol–water partition coefficient (Wildman–Crippen LogP) is -0.262. The van der Waals surface area contributed by atoms with E-state index in [-0.39, 0.29) is 12.7 Å². The molecule has 1 saturated heterocycles. The van der Waals surface area contributed by atoms with Gasteiger partial charge in [0.25, 0.3) is 0 Å². The Kier molecular flexibility index (Phi) is 3.71. The fourth-order valence-electron chi connectivity index (χ4n) is 1.79. The smallest absolute Gasteiger partial charge is 0.0980 e. The van der Waals surface area contributed by atoms with Gasteiger partial charge in [-0.2, -0.15) is 0 Å². The Hall–Kier alpha value is -1.17. The summed E-state index contributed by atoms with van der Waals surface area (Å²) in [6, 6.07) is 3.94. The molecule has 5 heteroatoms. The van der Waals surface area contributed by atoms with E-state index in [2.05, 4.69) is 9.88 Å². The number of aromatic nitrogens is 1. The van der Waals surface area contributed by atoms with Crippen LogP contribution < -0.4 is 10.6 Å². The zero-order valence-corrected chi connectivity index (χ0v) is 9.17. The Morgan fingerprint density at radius 1 is 1.56 bits per heavy atom. The van der Waals surface area contributed by atoms with Crippen molar-refractivity contribution < 1.29 is 9.84 Å². The largest absolute Gasteiger partial charge is 0.394 e. The van der Waals surface area contributed by atoms with Gasteiger partial charge in [-0.05, 0) is 12.1 Å². The second kappa shape index (κ2) is 5.25. The third-order valence-electron chi connectivity index (χ3n) is 2.73. The Morgan fingerprint density at radius 2 is 2.44 bits per heavy atom. The third-order valence-corrected chi connectivity index (χ3v) is 2.73. The van der Waals surface area contributed by atoms with E-state index < -0.39 is 0 Å². The number of nitrogens with two attached hydrogens (primary N) is 1. The molecular weight excluding hydrogens is 206 g/mol. The Morgan fingerprint density at radius 3 is 3.06 bits per heavy atom. The van der Waals surface area contributed by atoms with E-state index in [4.69, 9.17) is 15.6 Å². The van der Waals surface area contributed by atoms with Gasteiger partial charge in [-0.3, -0.25) is 4.98 Å². The minimum Gasteiger partial charge on any atom is -0.394 e. The summed E-state index contributed by atoms with van der Waals surface area (Å²) >= 11 is 0. The molecule has 0 amide bonds. The first-order valence-electron chi connectivity index (χ1n) is 5.46. The zero-order chi connectivity index (χ0) is 11.4. The van der Waals surface area contributed by atoms with Crippen LogP contribution in [0.15, 0.2) is 18.3 Å². The number of rotatable bonds is 3. The SMILES string of the molecule is NCc1ccc(N2CCOC(CO)C2)cn1. The van der Waals surface area contributed by atoms with Gasteiger partial charge >= 0.3 is 0 Å². The van der Waals surface area contributed by atoms with E-state index in [1.54, 1.807) is 0 Å². The molecule has 16 heavy (non-hydrogen) atoms. The molecular formula is C11H17N3O2. The molecule has 1 aliphatic heterocycles. The van der Waals surface area contributed by atoms with Crippen molar-refractivity contribution in [3.8, 4) is 0 Å². The summed E-state index contributed by atoms with van der Waals surface area (Å²) in [4.78, 5) is 6.42. The lowest BCUT2D eigenvalue weighted by atomic mass is 10.2. The number of hydrogen-bond acceptors (Lipinski definition) is 5. The minimum absolute atomic E-state index is 0.0603. The van der Waals surface area contributed by atoms with Crippen LogP contribution in [0.4, 0.5) is 5.69 Å². The highest BCUT2D eigenvalue weighted by Gasteiger charge is 2.19. The molecule has 1 aliphatic rings. The molecule has 88 valence electrons. The van der Waals surface area contributed by atoms with Crippen LogP contribution in [0.3, 0.4) is 0 Å².